The molecule has 1 heterocycles. The number of benzene rings is 2. The molecule has 1 aromatic heterocycles. The smallest absolute Gasteiger partial charge is 0.246 e. The van der Waals surface area contributed by atoms with Gasteiger partial charge in [0.1, 0.15) is 18.7 Å². The van der Waals surface area contributed by atoms with E-state index in [1.807, 2.05) is 0 Å². The maximum Gasteiger partial charge on any atom is 0.246 e. The average Bonchev–Trinajstić information content (AvgIpc) is 3.01. The molecule has 0 bridgehead atoms. The van der Waals surface area contributed by atoms with Gasteiger partial charge in [-0.25, -0.2) is 14.1 Å². The van der Waals surface area contributed by atoms with E-state index >= 15 is 0 Å². The summed E-state index contributed by atoms with van der Waals surface area (Å²) in [5, 5.41) is 7.52. The normalized spacial score (nSPS) is 10.6. The molecule has 0 aliphatic rings. The second kappa shape index (κ2) is 7.94. The molecule has 7 heteroatoms. The van der Waals surface area contributed by atoms with Crippen LogP contribution in [0.15, 0.2) is 60.0 Å². The number of aryl methyl sites for hydroxylation is 1. The molecule has 0 saturated carbocycles. The SMILES string of the molecule is Cc1ccc(CSc2ncn(CC(=O)Nc3cccc(F)c3)n2)cc1. The van der Waals surface area contributed by atoms with Crippen LogP contribution in [0.3, 0.4) is 0 Å². The molecule has 0 spiro atoms. The maximum absolute atomic E-state index is 13.1. The fraction of sp³-hybridized carbons (Fsp3) is 0.167. The molecule has 0 fully saturated rings. The largest absolute Gasteiger partial charge is 0.324 e. The lowest BCUT2D eigenvalue weighted by Gasteiger charge is -2.04. The van der Waals surface area contributed by atoms with Gasteiger partial charge < -0.3 is 5.32 Å². The Morgan fingerprint density at radius 2 is 2.04 bits per heavy atom. The van der Waals surface area contributed by atoms with E-state index in [9.17, 15) is 9.18 Å². The first-order chi connectivity index (χ1) is 12.1. The minimum atomic E-state index is -0.395. The second-order valence-corrected chi connectivity index (χ2v) is 6.50. The summed E-state index contributed by atoms with van der Waals surface area (Å²) in [6, 6.07) is 14.0. The van der Waals surface area contributed by atoms with Crippen LogP contribution in [0.5, 0.6) is 0 Å². The van der Waals surface area contributed by atoms with Crippen LogP contribution >= 0.6 is 11.8 Å². The molecule has 0 saturated heterocycles. The van der Waals surface area contributed by atoms with Crippen LogP contribution in [0.2, 0.25) is 0 Å². The predicted octanol–water partition coefficient (Wildman–Crippen LogP) is 3.66. The standard InChI is InChI=1S/C18H17FN4OS/c1-13-5-7-14(8-6-13)11-25-18-20-12-23(22-18)10-17(24)21-16-4-2-3-15(19)9-16/h2-9,12H,10-11H2,1H3,(H,21,24). The number of carbonyl (C=O) groups is 1. The predicted molar refractivity (Wildman–Crippen MR) is 95.8 cm³/mol. The highest BCUT2D eigenvalue weighted by atomic mass is 32.2. The molecule has 3 rings (SSSR count). The van der Waals surface area contributed by atoms with Gasteiger partial charge in [0.25, 0.3) is 0 Å². The summed E-state index contributed by atoms with van der Waals surface area (Å²) < 4.78 is 14.6. The quantitative estimate of drug-likeness (QED) is 0.685. The van der Waals surface area contributed by atoms with Gasteiger partial charge in [-0.3, -0.25) is 4.79 Å². The fourth-order valence-electron chi connectivity index (χ4n) is 2.17. The summed E-state index contributed by atoms with van der Waals surface area (Å²) in [6.45, 7) is 2.07. The van der Waals surface area contributed by atoms with Gasteiger partial charge in [0.15, 0.2) is 0 Å². The number of anilines is 1. The Bertz CT molecular complexity index is 864. The van der Waals surface area contributed by atoms with Gasteiger partial charge in [-0.1, -0.05) is 47.7 Å². The maximum atomic E-state index is 13.1. The van der Waals surface area contributed by atoms with Crippen molar-refractivity contribution in [1.82, 2.24) is 14.8 Å². The first-order valence-electron chi connectivity index (χ1n) is 7.72. The van der Waals surface area contributed by atoms with E-state index in [0.29, 0.717) is 10.8 Å². The van der Waals surface area contributed by atoms with Gasteiger partial charge in [-0.05, 0) is 30.7 Å². The number of halogens is 1. The summed E-state index contributed by atoms with van der Waals surface area (Å²) in [6.07, 6.45) is 1.52. The molecule has 2 aromatic carbocycles. The van der Waals surface area contributed by atoms with E-state index in [2.05, 4.69) is 46.6 Å². The first kappa shape index (κ1) is 17.2. The average molecular weight is 356 g/mol. The number of carbonyl (C=O) groups excluding carboxylic acids is 1. The molecule has 1 N–H and O–H groups in total. The third-order valence-electron chi connectivity index (χ3n) is 3.42. The van der Waals surface area contributed by atoms with Crippen molar-refractivity contribution in [2.24, 2.45) is 0 Å². The van der Waals surface area contributed by atoms with Gasteiger partial charge >= 0.3 is 0 Å². The van der Waals surface area contributed by atoms with E-state index in [0.717, 1.165) is 5.75 Å². The summed E-state index contributed by atoms with van der Waals surface area (Å²) in [7, 11) is 0. The highest BCUT2D eigenvalue weighted by Crippen LogP contribution is 2.19. The Hall–Kier alpha value is -2.67. The van der Waals surface area contributed by atoms with Crippen molar-refractivity contribution in [2.45, 2.75) is 24.4 Å². The van der Waals surface area contributed by atoms with Crippen molar-refractivity contribution in [3.63, 3.8) is 0 Å². The molecular weight excluding hydrogens is 339 g/mol. The molecule has 3 aromatic rings. The lowest BCUT2D eigenvalue weighted by Crippen LogP contribution is -2.19. The topological polar surface area (TPSA) is 59.8 Å². The van der Waals surface area contributed by atoms with E-state index in [1.54, 1.807) is 12.1 Å². The first-order valence-corrected chi connectivity index (χ1v) is 8.70. The van der Waals surface area contributed by atoms with Gasteiger partial charge in [0, 0.05) is 11.4 Å². The highest BCUT2D eigenvalue weighted by Gasteiger charge is 2.08. The molecule has 128 valence electrons. The Morgan fingerprint density at radius 3 is 2.80 bits per heavy atom. The molecule has 0 unspecified atom stereocenters. The number of hydrogen-bond acceptors (Lipinski definition) is 4. The van der Waals surface area contributed by atoms with E-state index in [4.69, 9.17) is 0 Å². The summed E-state index contributed by atoms with van der Waals surface area (Å²) >= 11 is 1.51. The zero-order valence-corrected chi connectivity index (χ0v) is 14.5. The monoisotopic (exact) mass is 356 g/mol. The van der Waals surface area contributed by atoms with Crippen molar-refractivity contribution in [3.05, 3.63) is 71.8 Å². The summed E-state index contributed by atoms with van der Waals surface area (Å²) in [5.41, 5.74) is 2.83. The van der Waals surface area contributed by atoms with Crippen LogP contribution in [0, 0.1) is 12.7 Å². The zero-order chi connectivity index (χ0) is 17.6. The van der Waals surface area contributed by atoms with E-state index in [-0.39, 0.29) is 12.5 Å². The Morgan fingerprint density at radius 1 is 1.24 bits per heavy atom. The number of nitrogens with zero attached hydrogens (tertiary/aromatic N) is 3. The lowest BCUT2D eigenvalue weighted by molar-refractivity contribution is -0.116. The lowest BCUT2D eigenvalue weighted by atomic mass is 10.2. The molecule has 1 amide bonds. The number of nitrogens with one attached hydrogen (secondary N) is 1. The number of rotatable bonds is 6. The van der Waals surface area contributed by atoms with Gasteiger partial charge in [-0.15, -0.1) is 5.10 Å². The summed E-state index contributed by atoms with van der Waals surface area (Å²) in [4.78, 5) is 16.2. The minimum Gasteiger partial charge on any atom is -0.324 e. The van der Waals surface area contributed by atoms with Crippen molar-refractivity contribution in [3.8, 4) is 0 Å². The van der Waals surface area contributed by atoms with Crippen molar-refractivity contribution in [2.75, 3.05) is 5.32 Å². The Kier molecular flexibility index (Phi) is 5.45. The van der Waals surface area contributed by atoms with Crippen molar-refractivity contribution in [1.29, 1.82) is 0 Å². The Labute approximate surface area is 149 Å². The molecular formula is C18H17FN4OS. The molecule has 0 radical (unpaired) electrons. The van der Waals surface area contributed by atoms with Crippen LogP contribution in [-0.4, -0.2) is 20.7 Å². The van der Waals surface area contributed by atoms with E-state index < -0.39 is 5.82 Å². The molecule has 0 atom stereocenters. The molecule has 0 aliphatic carbocycles. The molecule has 0 aliphatic heterocycles. The number of hydrogen-bond donors (Lipinski definition) is 1. The highest BCUT2D eigenvalue weighted by molar-refractivity contribution is 7.98. The minimum absolute atomic E-state index is 0.0224. The van der Waals surface area contributed by atoms with E-state index in [1.165, 1.54) is 46.0 Å². The van der Waals surface area contributed by atoms with Crippen LogP contribution in [0.1, 0.15) is 11.1 Å². The molecule has 5 nitrogen and oxygen atoms in total. The zero-order valence-electron chi connectivity index (χ0n) is 13.6. The van der Waals surface area contributed by atoms with Crippen molar-refractivity contribution >= 4 is 23.4 Å². The molecule has 25 heavy (non-hydrogen) atoms. The van der Waals surface area contributed by atoms with Gasteiger partial charge in [-0.2, -0.15) is 0 Å². The van der Waals surface area contributed by atoms with Crippen LogP contribution in [0.25, 0.3) is 0 Å². The third-order valence-corrected chi connectivity index (χ3v) is 4.34. The Balaban J connectivity index is 1.52. The van der Waals surface area contributed by atoms with Crippen molar-refractivity contribution < 1.29 is 9.18 Å². The number of aromatic nitrogens is 3. The van der Waals surface area contributed by atoms with Gasteiger partial charge in [0.2, 0.25) is 11.1 Å². The summed E-state index contributed by atoms with van der Waals surface area (Å²) in [5.74, 6) is 0.0821. The fourth-order valence-corrected chi connectivity index (χ4v) is 2.94. The number of amides is 1. The third kappa shape index (κ3) is 5.15. The second-order valence-electron chi connectivity index (χ2n) is 5.56. The van der Waals surface area contributed by atoms with Crippen LogP contribution in [0.4, 0.5) is 10.1 Å². The van der Waals surface area contributed by atoms with Crippen LogP contribution in [-0.2, 0) is 17.1 Å². The van der Waals surface area contributed by atoms with Gasteiger partial charge in [0.05, 0.1) is 0 Å². The van der Waals surface area contributed by atoms with Crippen LogP contribution < -0.4 is 5.32 Å². The number of thioether (sulfide) groups is 1.